The third kappa shape index (κ3) is 3.09. The van der Waals surface area contributed by atoms with Gasteiger partial charge in [0.2, 0.25) is 0 Å². The lowest BCUT2D eigenvalue weighted by Crippen LogP contribution is -2.12. The molecule has 0 aliphatic carbocycles. The summed E-state index contributed by atoms with van der Waals surface area (Å²) in [6.45, 7) is 2.47. The first-order chi connectivity index (χ1) is 9.08. The molecule has 2 aromatic heterocycles. The molecule has 0 atom stereocenters. The average molecular weight is 260 g/mol. The Hall–Kier alpha value is -2.37. The summed E-state index contributed by atoms with van der Waals surface area (Å²) < 4.78 is 1.80. The van der Waals surface area contributed by atoms with E-state index < -0.39 is 5.97 Å². The highest BCUT2D eigenvalue weighted by Crippen LogP contribution is 2.15. The van der Waals surface area contributed by atoms with E-state index >= 15 is 0 Å². The van der Waals surface area contributed by atoms with Gasteiger partial charge >= 0.3 is 5.97 Å². The molecule has 0 spiro atoms. The van der Waals surface area contributed by atoms with Crippen LogP contribution in [0, 0.1) is 6.92 Å². The lowest BCUT2D eigenvalue weighted by molar-refractivity contribution is 0.0697. The number of aromatic carboxylic acids is 1. The summed E-state index contributed by atoms with van der Waals surface area (Å²) in [4.78, 5) is 15.1. The molecule has 6 nitrogen and oxygen atoms in total. The lowest BCUT2D eigenvalue weighted by Gasteiger charge is -2.10. The Bertz CT molecular complexity index is 592. The number of aryl methyl sites for hydroxylation is 2. The number of hydrogen-bond donors (Lipinski definition) is 2. The highest BCUT2D eigenvalue weighted by atomic mass is 16.4. The van der Waals surface area contributed by atoms with Crippen molar-refractivity contribution in [2.24, 2.45) is 7.05 Å². The first-order valence-corrected chi connectivity index (χ1v) is 5.98. The van der Waals surface area contributed by atoms with E-state index in [4.69, 9.17) is 5.11 Å². The molecule has 0 unspecified atom stereocenters. The Kier molecular flexibility index (Phi) is 3.79. The van der Waals surface area contributed by atoms with Gasteiger partial charge in [-0.2, -0.15) is 5.10 Å². The summed E-state index contributed by atoms with van der Waals surface area (Å²) >= 11 is 0. The second kappa shape index (κ2) is 5.51. The van der Waals surface area contributed by atoms with Gasteiger partial charge in [0.25, 0.3) is 0 Å². The van der Waals surface area contributed by atoms with Crippen LogP contribution in [-0.2, 0) is 13.5 Å². The van der Waals surface area contributed by atoms with E-state index in [0.717, 1.165) is 17.8 Å². The fraction of sp³-hybridized carbons (Fsp3) is 0.308. The van der Waals surface area contributed by atoms with Crippen molar-refractivity contribution in [2.45, 2.75) is 13.3 Å². The minimum absolute atomic E-state index is 0.190. The molecule has 0 radical (unpaired) electrons. The van der Waals surface area contributed by atoms with Gasteiger partial charge in [-0.1, -0.05) is 0 Å². The third-order valence-electron chi connectivity index (χ3n) is 2.89. The summed E-state index contributed by atoms with van der Waals surface area (Å²) in [5.41, 5.74) is 2.67. The second-order valence-electron chi connectivity index (χ2n) is 4.30. The van der Waals surface area contributed by atoms with Crippen molar-refractivity contribution in [1.29, 1.82) is 0 Å². The molecule has 19 heavy (non-hydrogen) atoms. The first kappa shape index (κ1) is 13.1. The highest BCUT2D eigenvalue weighted by molar-refractivity contribution is 5.93. The van der Waals surface area contributed by atoms with Crippen LogP contribution < -0.4 is 5.32 Å². The molecule has 2 rings (SSSR count). The standard InChI is InChI=1S/C13H16N4O2/c1-9-7-12(11(8-15-9)13(18)19)14-5-3-10-4-6-16-17(10)2/h4,6-8H,3,5H2,1-2H3,(H,14,15)(H,18,19). The first-order valence-electron chi connectivity index (χ1n) is 5.98. The van der Waals surface area contributed by atoms with Crippen LogP contribution in [0.15, 0.2) is 24.5 Å². The molecular weight excluding hydrogens is 244 g/mol. The molecule has 100 valence electrons. The number of carbonyl (C=O) groups is 1. The SMILES string of the molecule is Cc1cc(NCCc2ccnn2C)c(C(=O)O)cn1. The zero-order chi connectivity index (χ0) is 13.8. The zero-order valence-electron chi connectivity index (χ0n) is 10.9. The van der Waals surface area contributed by atoms with Crippen LogP contribution in [0.3, 0.4) is 0 Å². The minimum atomic E-state index is -0.976. The number of nitrogens with one attached hydrogen (secondary N) is 1. The van der Waals surface area contributed by atoms with Crippen LogP contribution in [0.2, 0.25) is 0 Å². The van der Waals surface area contributed by atoms with Crippen molar-refractivity contribution in [1.82, 2.24) is 14.8 Å². The molecule has 6 heteroatoms. The third-order valence-corrected chi connectivity index (χ3v) is 2.89. The van der Waals surface area contributed by atoms with E-state index in [1.54, 1.807) is 16.9 Å². The maximum atomic E-state index is 11.1. The Morgan fingerprint density at radius 1 is 1.53 bits per heavy atom. The molecule has 2 N–H and O–H groups in total. The molecule has 0 saturated carbocycles. The predicted octanol–water partition coefficient (Wildman–Crippen LogP) is 1.48. The summed E-state index contributed by atoms with van der Waals surface area (Å²) in [6.07, 6.45) is 3.90. The molecule has 2 heterocycles. The summed E-state index contributed by atoms with van der Waals surface area (Å²) in [5.74, 6) is -0.976. The maximum absolute atomic E-state index is 11.1. The van der Waals surface area contributed by atoms with E-state index in [1.165, 1.54) is 6.20 Å². The monoisotopic (exact) mass is 260 g/mol. The van der Waals surface area contributed by atoms with Gasteiger partial charge in [-0.25, -0.2) is 4.79 Å². The molecule has 0 aromatic carbocycles. The molecular formula is C13H16N4O2. The number of carboxylic acid groups (broad SMARTS) is 1. The van der Waals surface area contributed by atoms with Crippen LogP contribution in [0.5, 0.6) is 0 Å². The summed E-state index contributed by atoms with van der Waals surface area (Å²) in [7, 11) is 1.88. The van der Waals surface area contributed by atoms with E-state index in [-0.39, 0.29) is 5.56 Å². The molecule has 0 amide bonds. The van der Waals surface area contributed by atoms with Crippen LogP contribution in [0.25, 0.3) is 0 Å². The van der Waals surface area contributed by atoms with Gasteiger partial charge in [0, 0.05) is 43.8 Å². The molecule has 0 saturated heterocycles. The number of aromatic nitrogens is 3. The van der Waals surface area contributed by atoms with Gasteiger partial charge in [-0.15, -0.1) is 0 Å². The topological polar surface area (TPSA) is 80.0 Å². The molecule has 0 aliphatic rings. The molecule has 0 aliphatic heterocycles. The van der Waals surface area contributed by atoms with Gasteiger partial charge < -0.3 is 10.4 Å². The highest BCUT2D eigenvalue weighted by Gasteiger charge is 2.10. The minimum Gasteiger partial charge on any atom is -0.478 e. The second-order valence-corrected chi connectivity index (χ2v) is 4.30. The number of nitrogens with zero attached hydrogens (tertiary/aromatic N) is 3. The fourth-order valence-electron chi connectivity index (χ4n) is 1.85. The van der Waals surface area contributed by atoms with Crippen molar-refractivity contribution in [2.75, 3.05) is 11.9 Å². The Balaban J connectivity index is 2.05. The average Bonchev–Trinajstić information content (AvgIpc) is 2.75. The van der Waals surface area contributed by atoms with Crippen molar-refractivity contribution < 1.29 is 9.90 Å². The Labute approximate surface area is 111 Å². The van der Waals surface area contributed by atoms with Crippen molar-refractivity contribution in [3.63, 3.8) is 0 Å². The number of carboxylic acids is 1. The van der Waals surface area contributed by atoms with Gasteiger partial charge in [0.15, 0.2) is 0 Å². The van der Waals surface area contributed by atoms with Crippen LogP contribution in [-0.4, -0.2) is 32.4 Å². The van der Waals surface area contributed by atoms with E-state index in [2.05, 4.69) is 15.4 Å². The summed E-state index contributed by atoms with van der Waals surface area (Å²) in [6, 6.07) is 3.68. The van der Waals surface area contributed by atoms with Gasteiger partial charge in [-0.05, 0) is 19.1 Å². The van der Waals surface area contributed by atoms with Crippen molar-refractivity contribution >= 4 is 11.7 Å². The van der Waals surface area contributed by atoms with Gasteiger partial charge in [0.05, 0.1) is 5.69 Å². The van der Waals surface area contributed by atoms with Crippen LogP contribution in [0.4, 0.5) is 5.69 Å². The fourth-order valence-corrected chi connectivity index (χ4v) is 1.85. The summed E-state index contributed by atoms with van der Waals surface area (Å²) in [5, 5.41) is 16.3. The van der Waals surface area contributed by atoms with Crippen molar-refractivity contribution in [3.8, 4) is 0 Å². The molecule has 0 bridgehead atoms. The number of hydrogen-bond acceptors (Lipinski definition) is 4. The molecule has 0 fully saturated rings. The predicted molar refractivity (Wildman–Crippen MR) is 71.3 cm³/mol. The van der Waals surface area contributed by atoms with Crippen molar-refractivity contribution in [3.05, 3.63) is 41.5 Å². The maximum Gasteiger partial charge on any atom is 0.339 e. The number of rotatable bonds is 5. The number of anilines is 1. The lowest BCUT2D eigenvalue weighted by atomic mass is 10.2. The Morgan fingerprint density at radius 2 is 2.32 bits per heavy atom. The largest absolute Gasteiger partial charge is 0.478 e. The quantitative estimate of drug-likeness (QED) is 0.851. The van der Waals surface area contributed by atoms with E-state index in [9.17, 15) is 4.79 Å². The Morgan fingerprint density at radius 3 is 2.95 bits per heavy atom. The number of pyridine rings is 1. The zero-order valence-corrected chi connectivity index (χ0v) is 10.9. The van der Waals surface area contributed by atoms with Gasteiger partial charge in [0.1, 0.15) is 5.56 Å². The van der Waals surface area contributed by atoms with Gasteiger partial charge in [-0.3, -0.25) is 9.67 Å². The smallest absolute Gasteiger partial charge is 0.339 e. The van der Waals surface area contributed by atoms with E-state index in [0.29, 0.717) is 12.2 Å². The van der Waals surface area contributed by atoms with Crippen LogP contribution in [0.1, 0.15) is 21.7 Å². The van der Waals surface area contributed by atoms with E-state index in [1.807, 2.05) is 20.0 Å². The van der Waals surface area contributed by atoms with Crippen LogP contribution >= 0.6 is 0 Å². The molecule has 2 aromatic rings. The normalized spacial score (nSPS) is 10.4.